The van der Waals surface area contributed by atoms with Crippen molar-refractivity contribution in [1.82, 2.24) is 4.98 Å². The Balaban J connectivity index is 1.65. The molecular weight excluding hydrogens is 284 g/mol. The van der Waals surface area contributed by atoms with E-state index in [2.05, 4.69) is 4.98 Å². The number of ether oxygens (including phenoxy) is 2. The van der Waals surface area contributed by atoms with Crippen LogP contribution in [-0.2, 0) is 22.5 Å². The van der Waals surface area contributed by atoms with Gasteiger partial charge in [-0.1, -0.05) is 30.3 Å². The number of aromatic nitrogens is 1. The maximum atomic E-state index is 10.8. The van der Waals surface area contributed by atoms with E-state index in [-0.39, 0.29) is 11.8 Å². The van der Waals surface area contributed by atoms with Gasteiger partial charge in [-0.15, -0.1) is 0 Å². The lowest BCUT2D eigenvalue weighted by molar-refractivity contribution is -0.385. The number of nitro groups is 1. The molecule has 1 aliphatic rings. The molecule has 1 aromatic carbocycles. The van der Waals surface area contributed by atoms with Gasteiger partial charge in [-0.25, -0.2) is 0 Å². The molecule has 6 heteroatoms. The lowest BCUT2D eigenvalue weighted by atomic mass is 10.0. The highest BCUT2D eigenvalue weighted by molar-refractivity contribution is 5.36. The summed E-state index contributed by atoms with van der Waals surface area (Å²) in [5.41, 5.74) is 2.72. The smallest absolute Gasteiger partial charge is 0.287 e. The Morgan fingerprint density at radius 1 is 1.36 bits per heavy atom. The van der Waals surface area contributed by atoms with Crippen molar-refractivity contribution in [3.05, 3.63) is 69.5 Å². The zero-order valence-electron chi connectivity index (χ0n) is 12.0. The molecule has 3 rings (SSSR count). The Morgan fingerprint density at radius 3 is 2.95 bits per heavy atom. The molecule has 114 valence electrons. The predicted octanol–water partition coefficient (Wildman–Crippen LogP) is 2.82. The van der Waals surface area contributed by atoms with Crippen LogP contribution in [0.3, 0.4) is 0 Å². The van der Waals surface area contributed by atoms with Crippen molar-refractivity contribution in [2.75, 3.05) is 13.2 Å². The average molecular weight is 300 g/mol. The highest BCUT2D eigenvalue weighted by Crippen LogP contribution is 2.28. The molecule has 1 unspecified atom stereocenters. The van der Waals surface area contributed by atoms with E-state index < -0.39 is 4.92 Å². The van der Waals surface area contributed by atoms with Crippen LogP contribution in [-0.4, -0.2) is 23.1 Å². The fourth-order valence-corrected chi connectivity index (χ4v) is 2.47. The largest absolute Gasteiger partial charge is 0.374 e. The maximum Gasteiger partial charge on any atom is 0.287 e. The minimum Gasteiger partial charge on any atom is -0.374 e. The second kappa shape index (κ2) is 6.64. The van der Waals surface area contributed by atoms with Crippen LogP contribution in [0.15, 0.2) is 42.6 Å². The number of rotatable bonds is 5. The van der Waals surface area contributed by atoms with Gasteiger partial charge in [0.1, 0.15) is 12.3 Å². The van der Waals surface area contributed by atoms with E-state index in [1.807, 2.05) is 30.3 Å². The van der Waals surface area contributed by atoms with Gasteiger partial charge < -0.3 is 9.47 Å². The molecule has 0 radical (unpaired) electrons. The third-order valence-electron chi connectivity index (χ3n) is 3.57. The lowest BCUT2D eigenvalue weighted by Crippen LogP contribution is -2.22. The molecule has 1 aliphatic heterocycles. The first-order chi connectivity index (χ1) is 10.7. The van der Waals surface area contributed by atoms with E-state index in [0.29, 0.717) is 26.2 Å². The van der Waals surface area contributed by atoms with E-state index in [9.17, 15) is 10.1 Å². The highest BCUT2D eigenvalue weighted by atomic mass is 16.6. The second-order valence-electron chi connectivity index (χ2n) is 5.11. The average Bonchev–Trinajstić information content (AvgIpc) is 2.55. The Labute approximate surface area is 127 Å². The minimum atomic E-state index is -0.427. The van der Waals surface area contributed by atoms with E-state index in [1.54, 1.807) is 6.07 Å². The molecule has 0 bridgehead atoms. The fourth-order valence-electron chi connectivity index (χ4n) is 2.47. The summed E-state index contributed by atoms with van der Waals surface area (Å²) in [6, 6.07) is 11.5. The van der Waals surface area contributed by atoms with Crippen LogP contribution < -0.4 is 0 Å². The second-order valence-corrected chi connectivity index (χ2v) is 5.11. The van der Waals surface area contributed by atoms with Gasteiger partial charge in [-0.3, -0.25) is 15.1 Å². The Hall–Kier alpha value is -2.31. The van der Waals surface area contributed by atoms with Gasteiger partial charge in [-0.2, -0.15) is 0 Å². The van der Waals surface area contributed by atoms with Crippen LogP contribution in [0.1, 0.15) is 22.9 Å². The molecule has 22 heavy (non-hydrogen) atoms. The third-order valence-corrected chi connectivity index (χ3v) is 3.57. The first kappa shape index (κ1) is 14.6. The Kier molecular flexibility index (Phi) is 4.41. The van der Waals surface area contributed by atoms with Gasteiger partial charge >= 0.3 is 0 Å². The van der Waals surface area contributed by atoms with Gasteiger partial charge in [0.05, 0.1) is 30.4 Å². The zero-order chi connectivity index (χ0) is 15.4. The summed E-state index contributed by atoms with van der Waals surface area (Å²) in [6.45, 7) is 1.41. The SMILES string of the molecule is O=[N+]([O-])c1cnc2c(c1)CCOC2COCc1ccccc1. The quantitative estimate of drug-likeness (QED) is 0.627. The first-order valence-corrected chi connectivity index (χ1v) is 7.10. The van der Waals surface area contributed by atoms with Crippen LogP contribution >= 0.6 is 0 Å². The first-order valence-electron chi connectivity index (χ1n) is 7.10. The summed E-state index contributed by atoms with van der Waals surface area (Å²) in [6.07, 6.45) is 1.64. The molecule has 1 atom stereocenters. The summed E-state index contributed by atoms with van der Waals surface area (Å²) in [4.78, 5) is 14.6. The molecule has 2 aromatic rings. The van der Waals surface area contributed by atoms with E-state index in [0.717, 1.165) is 16.8 Å². The maximum absolute atomic E-state index is 10.8. The summed E-state index contributed by atoms with van der Waals surface area (Å²) < 4.78 is 11.4. The van der Waals surface area contributed by atoms with E-state index >= 15 is 0 Å². The Bertz CT molecular complexity index is 660. The molecule has 6 nitrogen and oxygen atoms in total. The number of hydrogen-bond acceptors (Lipinski definition) is 5. The van der Waals surface area contributed by atoms with Crippen LogP contribution in [0.4, 0.5) is 5.69 Å². The molecular formula is C16H16N2O4. The van der Waals surface area contributed by atoms with Crippen LogP contribution in [0.2, 0.25) is 0 Å². The molecule has 0 spiro atoms. The van der Waals surface area contributed by atoms with Crippen LogP contribution in [0.25, 0.3) is 0 Å². The third kappa shape index (κ3) is 3.29. The summed E-state index contributed by atoms with van der Waals surface area (Å²) >= 11 is 0. The molecule has 1 aromatic heterocycles. The van der Waals surface area contributed by atoms with Crippen molar-refractivity contribution < 1.29 is 14.4 Å². The summed E-state index contributed by atoms with van der Waals surface area (Å²) in [5, 5.41) is 10.8. The fraction of sp³-hybridized carbons (Fsp3) is 0.312. The number of fused-ring (bicyclic) bond motifs is 1. The molecule has 0 N–H and O–H groups in total. The van der Waals surface area contributed by atoms with Crippen molar-refractivity contribution in [2.45, 2.75) is 19.1 Å². The molecule has 0 saturated carbocycles. The molecule has 2 heterocycles. The highest BCUT2D eigenvalue weighted by Gasteiger charge is 2.24. The van der Waals surface area contributed by atoms with Crippen molar-refractivity contribution in [3.8, 4) is 0 Å². The van der Waals surface area contributed by atoms with Crippen molar-refractivity contribution in [2.24, 2.45) is 0 Å². The number of hydrogen-bond donors (Lipinski definition) is 0. The van der Waals surface area contributed by atoms with Crippen molar-refractivity contribution in [3.63, 3.8) is 0 Å². The zero-order valence-corrected chi connectivity index (χ0v) is 12.0. The number of benzene rings is 1. The summed E-state index contributed by atoms with van der Waals surface area (Å²) in [5.74, 6) is 0. The van der Waals surface area contributed by atoms with Gasteiger partial charge in [-0.05, 0) is 17.5 Å². The molecule has 0 fully saturated rings. The molecule has 0 amide bonds. The molecule has 0 aliphatic carbocycles. The van der Waals surface area contributed by atoms with Gasteiger partial charge in [0.15, 0.2) is 0 Å². The lowest BCUT2D eigenvalue weighted by Gasteiger charge is -2.24. The predicted molar refractivity (Wildman–Crippen MR) is 79.4 cm³/mol. The number of nitrogens with zero attached hydrogens (tertiary/aromatic N) is 2. The van der Waals surface area contributed by atoms with Crippen LogP contribution in [0, 0.1) is 10.1 Å². The number of pyridine rings is 1. The van der Waals surface area contributed by atoms with Gasteiger partial charge in [0, 0.05) is 6.07 Å². The summed E-state index contributed by atoms with van der Waals surface area (Å²) in [7, 11) is 0. The Morgan fingerprint density at radius 2 is 2.18 bits per heavy atom. The van der Waals surface area contributed by atoms with Gasteiger partial charge in [0.25, 0.3) is 5.69 Å². The topological polar surface area (TPSA) is 74.5 Å². The van der Waals surface area contributed by atoms with E-state index in [4.69, 9.17) is 9.47 Å². The van der Waals surface area contributed by atoms with Crippen molar-refractivity contribution in [1.29, 1.82) is 0 Å². The molecule has 0 saturated heterocycles. The minimum absolute atomic E-state index is 0.0182. The normalized spacial score (nSPS) is 17.0. The van der Waals surface area contributed by atoms with Gasteiger partial charge in [0.2, 0.25) is 0 Å². The monoisotopic (exact) mass is 300 g/mol. The van der Waals surface area contributed by atoms with Crippen LogP contribution in [0.5, 0.6) is 0 Å². The standard InChI is InChI=1S/C16H16N2O4/c19-18(20)14-8-13-6-7-22-15(16(13)17-9-14)11-21-10-12-4-2-1-3-5-12/h1-5,8-9,15H,6-7,10-11H2. The van der Waals surface area contributed by atoms with E-state index in [1.165, 1.54) is 6.20 Å². The van der Waals surface area contributed by atoms with Crippen molar-refractivity contribution >= 4 is 5.69 Å².